The molecule has 1 fully saturated rings. The van der Waals surface area contributed by atoms with Gasteiger partial charge in [-0.05, 0) is 12.1 Å². The van der Waals surface area contributed by atoms with E-state index in [1.165, 1.54) is 7.11 Å². The summed E-state index contributed by atoms with van der Waals surface area (Å²) in [4.78, 5) is 0. The molecule has 6 nitrogen and oxygen atoms in total. The molecule has 1 heterocycles. The van der Waals surface area contributed by atoms with E-state index < -0.39 is 30.7 Å². The number of rotatable bonds is 4. The van der Waals surface area contributed by atoms with Gasteiger partial charge in [-0.2, -0.15) is 0 Å². The SMILES string of the molecule is COC[C@H]1O[C@H](Oc2ccccc2)[C@H](O)[C@@H](O)[C@H]1O. The summed E-state index contributed by atoms with van der Waals surface area (Å²) in [5, 5.41) is 29.4. The van der Waals surface area contributed by atoms with Crippen LogP contribution in [0.2, 0.25) is 0 Å². The van der Waals surface area contributed by atoms with Gasteiger partial charge in [0.05, 0.1) is 6.61 Å². The van der Waals surface area contributed by atoms with Gasteiger partial charge < -0.3 is 29.5 Å². The molecule has 1 aliphatic rings. The van der Waals surface area contributed by atoms with Crippen LogP contribution in [0.15, 0.2) is 30.3 Å². The number of aliphatic hydroxyl groups excluding tert-OH is 3. The van der Waals surface area contributed by atoms with Crippen molar-refractivity contribution in [2.75, 3.05) is 13.7 Å². The fourth-order valence-electron chi connectivity index (χ4n) is 1.95. The summed E-state index contributed by atoms with van der Waals surface area (Å²) < 4.78 is 15.8. The van der Waals surface area contributed by atoms with Gasteiger partial charge in [-0.3, -0.25) is 0 Å². The van der Waals surface area contributed by atoms with E-state index in [0.717, 1.165) is 0 Å². The van der Waals surface area contributed by atoms with Crippen LogP contribution in [0, 0.1) is 0 Å². The maximum Gasteiger partial charge on any atom is 0.229 e. The second-order valence-corrected chi connectivity index (χ2v) is 4.40. The lowest BCUT2D eigenvalue weighted by molar-refractivity contribution is -0.278. The summed E-state index contributed by atoms with van der Waals surface area (Å²) >= 11 is 0. The average molecular weight is 270 g/mol. The third-order valence-electron chi connectivity index (χ3n) is 2.99. The number of benzene rings is 1. The lowest BCUT2D eigenvalue weighted by atomic mass is 9.99. The maximum atomic E-state index is 9.85. The molecule has 1 aromatic carbocycles. The monoisotopic (exact) mass is 270 g/mol. The molecule has 0 spiro atoms. The smallest absolute Gasteiger partial charge is 0.229 e. The van der Waals surface area contributed by atoms with E-state index in [1.807, 2.05) is 6.07 Å². The van der Waals surface area contributed by atoms with Crippen LogP contribution in [0.4, 0.5) is 0 Å². The zero-order valence-electron chi connectivity index (χ0n) is 10.5. The third-order valence-corrected chi connectivity index (χ3v) is 2.99. The molecule has 0 aliphatic carbocycles. The summed E-state index contributed by atoms with van der Waals surface area (Å²) in [6, 6.07) is 8.81. The molecular weight excluding hydrogens is 252 g/mol. The number of para-hydroxylation sites is 1. The normalized spacial score (nSPS) is 35.1. The van der Waals surface area contributed by atoms with Crippen LogP contribution in [0.5, 0.6) is 5.75 Å². The standard InChI is InChI=1S/C13H18O6/c1-17-7-9-10(14)11(15)12(16)13(19-9)18-8-5-3-2-4-6-8/h2-6,9-16H,7H2,1H3/t9-,10+,11+,12-,13+/m1/s1. The second kappa shape index (κ2) is 6.31. The van der Waals surface area contributed by atoms with Crippen molar-refractivity contribution in [2.45, 2.75) is 30.7 Å². The number of hydrogen-bond donors (Lipinski definition) is 3. The van der Waals surface area contributed by atoms with Crippen molar-refractivity contribution >= 4 is 0 Å². The van der Waals surface area contributed by atoms with Crippen LogP contribution >= 0.6 is 0 Å². The minimum atomic E-state index is -1.34. The van der Waals surface area contributed by atoms with E-state index >= 15 is 0 Å². The molecule has 0 aromatic heterocycles. The Hall–Kier alpha value is -1.18. The minimum absolute atomic E-state index is 0.0968. The van der Waals surface area contributed by atoms with Crippen LogP contribution in [0.25, 0.3) is 0 Å². The molecule has 0 unspecified atom stereocenters. The van der Waals surface area contributed by atoms with Crippen LogP contribution in [-0.2, 0) is 9.47 Å². The maximum absolute atomic E-state index is 9.85. The van der Waals surface area contributed by atoms with E-state index in [0.29, 0.717) is 5.75 Å². The molecule has 5 atom stereocenters. The molecule has 0 bridgehead atoms. The highest BCUT2D eigenvalue weighted by atomic mass is 16.7. The van der Waals surface area contributed by atoms with Gasteiger partial charge in [-0.1, -0.05) is 18.2 Å². The molecule has 106 valence electrons. The van der Waals surface area contributed by atoms with Gasteiger partial charge >= 0.3 is 0 Å². The highest BCUT2D eigenvalue weighted by Crippen LogP contribution is 2.24. The Balaban J connectivity index is 2.06. The molecular formula is C13H18O6. The van der Waals surface area contributed by atoms with E-state index in [9.17, 15) is 15.3 Å². The summed E-state index contributed by atoms with van der Waals surface area (Å²) in [5.41, 5.74) is 0. The van der Waals surface area contributed by atoms with Crippen molar-refractivity contribution in [1.82, 2.24) is 0 Å². The molecule has 19 heavy (non-hydrogen) atoms. The summed E-state index contributed by atoms with van der Waals surface area (Å²) in [5.74, 6) is 0.506. The summed E-state index contributed by atoms with van der Waals surface area (Å²) in [7, 11) is 1.46. The predicted octanol–water partition coefficient (Wildman–Crippen LogP) is -0.481. The average Bonchev–Trinajstić information content (AvgIpc) is 2.43. The molecule has 3 N–H and O–H groups in total. The van der Waals surface area contributed by atoms with Gasteiger partial charge in [-0.25, -0.2) is 0 Å². The van der Waals surface area contributed by atoms with Crippen molar-refractivity contribution in [3.8, 4) is 5.75 Å². The van der Waals surface area contributed by atoms with E-state index in [-0.39, 0.29) is 6.61 Å². The Labute approximate surface area is 111 Å². The van der Waals surface area contributed by atoms with Gasteiger partial charge in [0.1, 0.15) is 30.2 Å². The quantitative estimate of drug-likeness (QED) is 0.685. The number of hydrogen-bond acceptors (Lipinski definition) is 6. The summed E-state index contributed by atoms with van der Waals surface area (Å²) in [6.45, 7) is 0.0968. The third kappa shape index (κ3) is 3.23. The molecule has 0 radical (unpaired) electrons. The Kier molecular flexibility index (Phi) is 4.73. The van der Waals surface area contributed by atoms with E-state index in [2.05, 4.69) is 0 Å². The van der Waals surface area contributed by atoms with E-state index in [4.69, 9.17) is 14.2 Å². The molecule has 1 aliphatic heterocycles. The molecule has 0 saturated carbocycles. The Morgan fingerprint density at radius 2 is 1.74 bits per heavy atom. The van der Waals surface area contributed by atoms with Crippen molar-refractivity contribution in [3.63, 3.8) is 0 Å². The second-order valence-electron chi connectivity index (χ2n) is 4.40. The van der Waals surface area contributed by atoms with Gasteiger partial charge in [-0.15, -0.1) is 0 Å². The fraction of sp³-hybridized carbons (Fsp3) is 0.538. The van der Waals surface area contributed by atoms with Crippen LogP contribution in [0.1, 0.15) is 0 Å². The first-order valence-electron chi connectivity index (χ1n) is 6.04. The first kappa shape index (κ1) is 14.2. The van der Waals surface area contributed by atoms with Crippen LogP contribution in [0.3, 0.4) is 0 Å². The minimum Gasteiger partial charge on any atom is -0.462 e. The lowest BCUT2D eigenvalue weighted by Gasteiger charge is -2.39. The topological polar surface area (TPSA) is 88.4 Å². The number of methoxy groups -OCH3 is 1. The van der Waals surface area contributed by atoms with Crippen molar-refractivity contribution in [1.29, 1.82) is 0 Å². The Morgan fingerprint density at radius 3 is 2.37 bits per heavy atom. The lowest BCUT2D eigenvalue weighted by Crippen LogP contribution is -2.60. The zero-order chi connectivity index (χ0) is 13.8. The number of aliphatic hydroxyl groups is 3. The summed E-state index contributed by atoms with van der Waals surface area (Å²) in [6.07, 6.45) is -5.70. The zero-order valence-corrected chi connectivity index (χ0v) is 10.5. The highest BCUT2D eigenvalue weighted by molar-refractivity contribution is 5.21. The van der Waals surface area contributed by atoms with E-state index in [1.54, 1.807) is 24.3 Å². The van der Waals surface area contributed by atoms with Gasteiger partial charge in [0.15, 0.2) is 0 Å². The molecule has 2 rings (SSSR count). The first-order valence-corrected chi connectivity index (χ1v) is 6.04. The predicted molar refractivity (Wildman–Crippen MR) is 65.6 cm³/mol. The molecule has 0 amide bonds. The van der Waals surface area contributed by atoms with Crippen LogP contribution in [-0.4, -0.2) is 59.7 Å². The Bertz CT molecular complexity index is 384. The van der Waals surface area contributed by atoms with Gasteiger partial charge in [0.25, 0.3) is 0 Å². The van der Waals surface area contributed by atoms with Gasteiger partial charge in [0.2, 0.25) is 6.29 Å². The van der Waals surface area contributed by atoms with Crippen molar-refractivity contribution in [2.24, 2.45) is 0 Å². The van der Waals surface area contributed by atoms with Crippen molar-refractivity contribution < 1.29 is 29.5 Å². The largest absolute Gasteiger partial charge is 0.462 e. The molecule has 1 saturated heterocycles. The van der Waals surface area contributed by atoms with Gasteiger partial charge in [0, 0.05) is 7.11 Å². The van der Waals surface area contributed by atoms with Crippen LogP contribution < -0.4 is 4.74 Å². The molecule has 6 heteroatoms. The fourth-order valence-corrected chi connectivity index (χ4v) is 1.95. The highest BCUT2D eigenvalue weighted by Gasteiger charge is 2.44. The number of ether oxygens (including phenoxy) is 3. The Morgan fingerprint density at radius 1 is 1.05 bits per heavy atom. The molecule has 1 aromatic rings. The first-order chi connectivity index (χ1) is 9.13. The van der Waals surface area contributed by atoms with Crippen molar-refractivity contribution in [3.05, 3.63) is 30.3 Å².